The molecule has 3 heterocycles. The maximum Gasteiger partial charge on any atom is 0.409 e. The van der Waals surface area contributed by atoms with Crippen LogP contribution < -0.4 is 10.1 Å². The molecule has 1 N–H and O–H groups in total. The Kier molecular flexibility index (Phi) is 7.87. The number of hydrogen-bond acceptors (Lipinski definition) is 7. The average molecular weight is 515 g/mol. The van der Waals surface area contributed by atoms with Crippen molar-refractivity contribution in [1.29, 1.82) is 0 Å². The van der Waals surface area contributed by atoms with E-state index in [4.69, 9.17) is 21.1 Å². The van der Waals surface area contributed by atoms with Crippen molar-refractivity contribution in [3.8, 4) is 16.2 Å². The molecular formula is C25H27ClN4O4S. The molecule has 2 atom stereocenters. The van der Waals surface area contributed by atoms with Crippen LogP contribution in [0.25, 0.3) is 10.4 Å². The third-order valence-electron chi connectivity index (χ3n) is 5.89. The van der Waals surface area contributed by atoms with Crippen LogP contribution in [-0.4, -0.2) is 52.1 Å². The van der Waals surface area contributed by atoms with E-state index in [1.807, 2.05) is 32.0 Å². The number of methoxy groups -OCH3 is 1. The Hall–Kier alpha value is -3.17. The number of pyridine rings is 1. The van der Waals surface area contributed by atoms with Crippen molar-refractivity contribution in [2.75, 3.05) is 13.7 Å². The summed E-state index contributed by atoms with van der Waals surface area (Å²) in [4.78, 5) is 31.9. The molecule has 1 aliphatic rings. The summed E-state index contributed by atoms with van der Waals surface area (Å²) < 4.78 is 15.7. The molecule has 0 bridgehead atoms. The van der Waals surface area contributed by atoms with Crippen LogP contribution in [0.4, 0.5) is 4.79 Å². The minimum absolute atomic E-state index is 0.0284. The van der Waals surface area contributed by atoms with E-state index in [0.29, 0.717) is 36.7 Å². The molecule has 0 spiro atoms. The quantitative estimate of drug-likeness (QED) is 0.492. The molecule has 0 saturated carbocycles. The van der Waals surface area contributed by atoms with Gasteiger partial charge in [-0.25, -0.2) is 4.79 Å². The second-order valence-corrected chi connectivity index (χ2v) is 9.73. The van der Waals surface area contributed by atoms with Gasteiger partial charge >= 0.3 is 6.09 Å². The number of aromatic nitrogens is 2. The molecular weight excluding hydrogens is 488 g/mol. The van der Waals surface area contributed by atoms with E-state index in [0.717, 1.165) is 21.7 Å². The van der Waals surface area contributed by atoms with E-state index in [9.17, 15) is 9.59 Å². The van der Waals surface area contributed by atoms with Crippen LogP contribution in [0.2, 0.25) is 5.02 Å². The minimum Gasteiger partial charge on any atom is -0.489 e. The summed E-state index contributed by atoms with van der Waals surface area (Å²) in [5.41, 5.74) is 2.88. The maximum atomic E-state index is 12.9. The van der Waals surface area contributed by atoms with Crippen LogP contribution in [-0.2, 0) is 11.3 Å². The molecule has 0 radical (unpaired) electrons. The van der Waals surface area contributed by atoms with Crippen molar-refractivity contribution < 1.29 is 19.1 Å². The number of nitrogens with one attached hydrogen (secondary N) is 1. The summed E-state index contributed by atoms with van der Waals surface area (Å²) in [5.74, 6) is 0.273. The van der Waals surface area contributed by atoms with E-state index < -0.39 is 0 Å². The predicted octanol–water partition coefficient (Wildman–Crippen LogP) is 5.10. The van der Waals surface area contributed by atoms with Crippen LogP contribution in [0, 0.1) is 6.92 Å². The number of hydrogen-bond donors (Lipinski definition) is 1. The van der Waals surface area contributed by atoms with Gasteiger partial charge in [-0.2, -0.15) is 4.37 Å². The van der Waals surface area contributed by atoms with E-state index in [1.165, 1.54) is 18.6 Å². The Morgan fingerprint density at radius 1 is 1.26 bits per heavy atom. The molecule has 1 aliphatic heterocycles. The van der Waals surface area contributed by atoms with Crippen molar-refractivity contribution in [3.63, 3.8) is 0 Å². The Morgan fingerprint density at radius 2 is 2.03 bits per heavy atom. The standard InChI is InChI=1S/C25H27ClN4O4S/c1-15-10-23(35-29-15)20-14-27-21(24(31)28-13-17-4-6-18(26)7-5-17)12-22(20)34-19-8-9-30(16(2)11-19)25(32)33-3/h4-7,10,12,14,16,19H,8-9,11,13H2,1-3H3,(H,28,31)/t16-,19+/m1/s1. The number of amides is 2. The number of aryl methyl sites for hydroxylation is 1. The topological polar surface area (TPSA) is 93.6 Å². The van der Waals surface area contributed by atoms with Crippen molar-refractivity contribution >= 4 is 35.1 Å². The number of carbonyl (C=O) groups excluding carboxylic acids is 2. The number of rotatable bonds is 6. The molecule has 2 amide bonds. The van der Waals surface area contributed by atoms with Gasteiger partial charge in [-0.05, 0) is 49.1 Å². The molecule has 4 rings (SSSR count). The summed E-state index contributed by atoms with van der Waals surface area (Å²) in [7, 11) is 1.39. The second-order valence-electron chi connectivity index (χ2n) is 8.48. The van der Waals surface area contributed by atoms with Crippen LogP contribution >= 0.6 is 23.1 Å². The molecule has 10 heteroatoms. The molecule has 1 aromatic carbocycles. The van der Waals surface area contributed by atoms with Gasteiger partial charge in [0, 0.05) is 49.3 Å². The fourth-order valence-corrected chi connectivity index (χ4v) is 4.91. The zero-order chi connectivity index (χ0) is 24.9. The third-order valence-corrected chi connectivity index (χ3v) is 7.05. The number of carbonyl (C=O) groups is 2. The molecule has 35 heavy (non-hydrogen) atoms. The molecule has 1 saturated heterocycles. The molecule has 0 unspecified atom stereocenters. The Balaban J connectivity index is 1.53. The highest BCUT2D eigenvalue weighted by molar-refractivity contribution is 7.09. The number of benzene rings is 1. The monoisotopic (exact) mass is 514 g/mol. The van der Waals surface area contributed by atoms with E-state index in [1.54, 1.807) is 29.3 Å². The lowest BCUT2D eigenvalue weighted by Gasteiger charge is -2.36. The number of likely N-dealkylation sites (tertiary alicyclic amines) is 1. The van der Waals surface area contributed by atoms with Gasteiger partial charge in [0.15, 0.2) is 0 Å². The molecule has 8 nitrogen and oxygen atoms in total. The summed E-state index contributed by atoms with van der Waals surface area (Å²) >= 11 is 7.29. The molecule has 1 fully saturated rings. The first-order chi connectivity index (χ1) is 16.8. The molecule has 3 aromatic rings. The van der Waals surface area contributed by atoms with E-state index in [-0.39, 0.29) is 29.8 Å². The van der Waals surface area contributed by atoms with Gasteiger partial charge in [-0.1, -0.05) is 23.7 Å². The van der Waals surface area contributed by atoms with Crippen molar-refractivity contribution in [3.05, 3.63) is 64.6 Å². The highest BCUT2D eigenvalue weighted by Gasteiger charge is 2.31. The smallest absolute Gasteiger partial charge is 0.409 e. The molecule has 2 aromatic heterocycles. The fraction of sp³-hybridized carbons (Fsp3) is 0.360. The van der Waals surface area contributed by atoms with Crippen molar-refractivity contribution in [2.45, 2.75) is 45.4 Å². The largest absolute Gasteiger partial charge is 0.489 e. The number of piperidine rings is 1. The van der Waals surface area contributed by atoms with Crippen LogP contribution in [0.3, 0.4) is 0 Å². The highest BCUT2D eigenvalue weighted by Crippen LogP contribution is 2.35. The number of ether oxygens (including phenoxy) is 2. The lowest BCUT2D eigenvalue weighted by molar-refractivity contribution is 0.0521. The van der Waals surface area contributed by atoms with Crippen LogP contribution in [0.1, 0.15) is 41.5 Å². The normalized spacial score (nSPS) is 17.7. The Bertz CT molecular complexity index is 1200. The lowest BCUT2D eigenvalue weighted by atomic mass is 10.0. The zero-order valence-corrected chi connectivity index (χ0v) is 21.4. The van der Waals surface area contributed by atoms with E-state index in [2.05, 4.69) is 14.7 Å². The predicted molar refractivity (Wildman–Crippen MR) is 135 cm³/mol. The fourth-order valence-electron chi connectivity index (χ4n) is 4.01. The van der Waals surface area contributed by atoms with Gasteiger partial charge in [0.2, 0.25) is 0 Å². The summed E-state index contributed by atoms with van der Waals surface area (Å²) in [6.45, 7) is 4.79. The summed E-state index contributed by atoms with van der Waals surface area (Å²) in [5, 5.41) is 3.54. The third kappa shape index (κ3) is 6.10. The van der Waals surface area contributed by atoms with Crippen molar-refractivity contribution in [2.24, 2.45) is 0 Å². The SMILES string of the molecule is COC(=O)N1CC[C@H](Oc2cc(C(=O)NCc3ccc(Cl)cc3)ncc2-c2cc(C)ns2)C[C@H]1C. The average Bonchev–Trinajstić information content (AvgIpc) is 3.29. The summed E-state index contributed by atoms with van der Waals surface area (Å²) in [6, 6.07) is 10.9. The second kappa shape index (κ2) is 11.0. The van der Waals surface area contributed by atoms with Gasteiger partial charge in [-0.3, -0.25) is 9.78 Å². The number of halogens is 1. The Morgan fingerprint density at radius 3 is 2.69 bits per heavy atom. The van der Waals surface area contributed by atoms with Crippen molar-refractivity contribution in [1.82, 2.24) is 19.6 Å². The van der Waals surface area contributed by atoms with Gasteiger partial charge in [-0.15, -0.1) is 0 Å². The maximum absolute atomic E-state index is 12.9. The first-order valence-corrected chi connectivity index (χ1v) is 12.5. The van der Waals surface area contributed by atoms with Gasteiger partial charge in [0.1, 0.15) is 17.5 Å². The molecule has 184 valence electrons. The van der Waals surface area contributed by atoms with Gasteiger partial charge < -0.3 is 19.7 Å². The van der Waals surface area contributed by atoms with Gasteiger partial charge in [0.05, 0.1) is 23.2 Å². The molecule has 0 aliphatic carbocycles. The zero-order valence-electron chi connectivity index (χ0n) is 19.8. The van der Waals surface area contributed by atoms with Gasteiger partial charge in [0.25, 0.3) is 5.91 Å². The summed E-state index contributed by atoms with van der Waals surface area (Å²) in [6.07, 6.45) is 2.51. The highest BCUT2D eigenvalue weighted by atomic mass is 35.5. The first kappa shape index (κ1) is 24.9. The Labute approximate surface area is 213 Å². The van der Waals surface area contributed by atoms with Crippen LogP contribution in [0.5, 0.6) is 5.75 Å². The minimum atomic E-state index is -0.333. The number of nitrogens with zero attached hydrogens (tertiary/aromatic N) is 3. The first-order valence-electron chi connectivity index (χ1n) is 11.3. The van der Waals surface area contributed by atoms with Crippen LogP contribution in [0.15, 0.2) is 42.6 Å². The van der Waals surface area contributed by atoms with E-state index >= 15 is 0 Å². The lowest BCUT2D eigenvalue weighted by Crippen LogP contribution is -2.47.